The molecular weight excluding hydrogens is 349 g/mol. The second-order valence-corrected chi connectivity index (χ2v) is 7.82. The molecule has 0 fully saturated rings. The van der Waals surface area contributed by atoms with Gasteiger partial charge in [-0.2, -0.15) is 5.26 Å². The first-order valence-electron chi connectivity index (χ1n) is 6.86. The van der Waals surface area contributed by atoms with Crippen LogP contribution in [0.25, 0.3) is 0 Å². The summed E-state index contributed by atoms with van der Waals surface area (Å²) in [6, 6.07) is 11.1. The van der Waals surface area contributed by atoms with Crippen molar-refractivity contribution in [3.8, 4) is 6.07 Å². The summed E-state index contributed by atoms with van der Waals surface area (Å²) in [7, 11) is -9.67. The minimum atomic E-state index is -9.67. The monoisotopic (exact) mass is 363 g/mol. The average molecular weight is 363 g/mol. The van der Waals surface area contributed by atoms with E-state index in [0.29, 0.717) is 23.3 Å². The highest BCUT2D eigenvalue weighted by Gasteiger charge is 2.65. The van der Waals surface area contributed by atoms with Crippen LogP contribution in [0.5, 0.6) is 0 Å². The molecule has 0 aliphatic heterocycles. The molecule has 2 aromatic rings. The van der Waals surface area contributed by atoms with Gasteiger partial charge < -0.3 is 5.11 Å². The number of halogens is 5. The summed E-state index contributed by atoms with van der Waals surface area (Å²) in [4.78, 5) is -1.95. The van der Waals surface area contributed by atoms with E-state index in [1.54, 1.807) is 24.3 Å². The van der Waals surface area contributed by atoms with Gasteiger partial charge in [-0.05, 0) is 28.8 Å². The molecule has 1 N–H and O–H groups in total. The van der Waals surface area contributed by atoms with Gasteiger partial charge in [0.2, 0.25) is 0 Å². The third-order valence-corrected chi connectivity index (χ3v) is 4.61. The second-order valence-electron chi connectivity index (χ2n) is 5.41. The molecule has 2 nitrogen and oxygen atoms in total. The normalized spacial score (nSPS) is 15.9. The summed E-state index contributed by atoms with van der Waals surface area (Å²) >= 11 is 0. The summed E-state index contributed by atoms with van der Waals surface area (Å²) in [6.45, 7) is 0. The quantitative estimate of drug-likeness (QED) is 0.694. The lowest BCUT2D eigenvalue weighted by Crippen LogP contribution is -2.06. The highest BCUT2D eigenvalue weighted by molar-refractivity contribution is 8.45. The van der Waals surface area contributed by atoms with Gasteiger partial charge in [0.05, 0.1) is 18.6 Å². The summed E-state index contributed by atoms with van der Waals surface area (Å²) < 4.78 is 63.2. The van der Waals surface area contributed by atoms with E-state index in [0.717, 1.165) is 17.7 Å². The van der Waals surface area contributed by atoms with Crippen molar-refractivity contribution in [3.63, 3.8) is 0 Å². The minimum Gasteiger partial charge on any atom is -0.388 e. The molecule has 2 rings (SSSR count). The zero-order valence-corrected chi connectivity index (χ0v) is 13.1. The van der Waals surface area contributed by atoms with Gasteiger partial charge in [0.25, 0.3) is 0 Å². The van der Waals surface area contributed by atoms with Gasteiger partial charge >= 0.3 is 10.2 Å². The first kappa shape index (κ1) is 18.2. The van der Waals surface area contributed by atoms with Crippen molar-refractivity contribution in [2.45, 2.75) is 23.8 Å². The molecule has 24 heavy (non-hydrogen) atoms. The first-order valence-corrected chi connectivity index (χ1v) is 8.81. The average Bonchev–Trinajstić information content (AvgIpc) is 2.46. The van der Waals surface area contributed by atoms with Crippen LogP contribution in [-0.2, 0) is 12.8 Å². The number of aliphatic hydroxyl groups excluding tert-OH is 1. The Bertz CT molecular complexity index is 764. The number of rotatable bonds is 5. The van der Waals surface area contributed by atoms with Crippen LogP contribution >= 0.6 is 10.2 Å². The molecule has 130 valence electrons. The highest BCUT2D eigenvalue weighted by atomic mass is 32.5. The topological polar surface area (TPSA) is 44.0 Å². The molecule has 1 atom stereocenters. The Balaban J connectivity index is 2.13. The second kappa shape index (κ2) is 5.46. The molecule has 0 heterocycles. The van der Waals surface area contributed by atoms with Gasteiger partial charge in [-0.1, -0.05) is 55.8 Å². The van der Waals surface area contributed by atoms with Crippen molar-refractivity contribution in [2.24, 2.45) is 0 Å². The number of hydrogen-bond acceptors (Lipinski definition) is 2. The van der Waals surface area contributed by atoms with E-state index >= 15 is 0 Å². The van der Waals surface area contributed by atoms with Crippen LogP contribution in [0.3, 0.4) is 0 Å². The van der Waals surface area contributed by atoms with Crippen LogP contribution < -0.4 is 0 Å². The highest BCUT2D eigenvalue weighted by Crippen LogP contribution is 3.02. The van der Waals surface area contributed by atoms with Gasteiger partial charge in [-0.15, -0.1) is 0 Å². The summed E-state index contributed by atoms with van der Waals surface area (Å²) in [5, 5.41) is 18.7. The SMILES string of the molecule is N#CCc1ccc(C(O)Cc2ccc(S(F)(F)(F)(F)F)cc2)cc1. The molecule has 8 heteroatoms. The predicted octanol–water partition coefficient (Wildman–Crippen LogP) is 5.69. The lowest BCUT2D eigenvalue weighted by atomic mass is 10.00. The Morgan fingerprint density at radius 1 is 0.875 bits per heavy atom. The zero-order chi connectivity index (χ0) is 18.1. The maximum atomic E-state index is 12.6. The summed E-state index contributed by atoms with van der Waals surface area (Å²) in [5.41, 5.74) is 1.59. The van der Waals surface area contributed by atoms with Crippen LogP contribution in [0.2, 0.25) is 0 Å². The molecule has 0 amide bonds. The maximum absolute atomic E-state index is 12.6. The fourth-order valence-electron chi connectivity index (χ4n) is 2.17. The lowest BCUT2D eigenvalue weighted by Gasteiger charge is -2.40. The number of aliphatic hydroxyl groups is 1. The Morgan fingerprint density at radius 3 is 1.83 bits per heavy atom. The number of nitrogens with zero attached hydrogens (tertiary/aromatic N) is 1. The Labute approximate surface area is 135 Å². The van der Waals surface area contributed by atoms with Gasteiger partial charge in [0.1, 0.15) is 4.90 Å². The number of hydrogen-bond donors (Lipinski definition) is 1. The van der Waals surface area contributed by atoms with Crippen LogP contribution in [0.1, 0.15) is 22.8 Å². The predicted molar refractivity (Wildman–Crippen MR) is 82.3 cm³/mol. The van der Waals surface area contributed by atoms with Crippen molar-refractivity contribution >= 4 is 10.2 Å². The van der Waals surface area contributed by atoms with Crippen molar-refractivity contribution in [3.05, 3.63) is 65.2 Å². The standard InChI is InChI=1S/C16H14F5NOS/c17-24(18,19,20,21)15-7-3-13(4-8-15)11-16(23)14-5-1-12(2-6-14)9-10-22/h1-8,16,23H,9,11H2. The number of benzene rings is 2. The Hall–Kier alpha value is -2.11. The molecule has 1 unspecified atom stereocenters. The minimum absolute atomic E-state index is 0.0157. The van der Waals surface area contributed by atoms with Gasteiger partial charge in [-0.3, -0.25) is 0 Å². The van der Waals surface area contributed by atoms with E-state index in [2.05, 4.69) is 0 Å². The molecule has 2 aromatic carbocycles. The molecule has 0 aromatic heterocycles. The zero-order valence-electron chi connectivity index (χ0n) is 12.3. The van der Waals surface area contributed by atoms with E-state index in [4.69, 9.17) is 5.26 Å². The largest absolute Gasteiger partial charge is 0.388 e. The molecular formula is C16H14F5NOS. The molecule has 0 radical (unpaired) electrons. The lowest BCUT2D eigenvalue weighted by molar-refractivity contribution is 0.178. The fourth-order valence-corrected chi connectivity index (χ4v) is 2.82. The molecule has 0 bridgehead atoms. The van der Waals surface area contributed by atoms with Crippen LogP contribution in [0.15, 0.2) is 53.4 Å². The van der Waals surface area contributed by atoms with E-state index in [-0.39, 0.29) is 12.8 Å². The molecule has 0 saturated heterocycles. The van der Waals surface area contributed by atoms with Crippen LogP contribution in [0, 0.1) is 11.3 Å². The molecule has 0 spiro atoms. The first-order chi connectivity index (χ1) is 10.9. The van der Waals surface area contributed by atoms with Crippen molar-refractivity contribution < 1.29 is 24.5 Å². The van der Waals surface area contributed by atoms with Gasteiger partial charge in [0, 0.05) is 6.42 Å². The Kier molecular flexibility index (Phi) is 4.15. The fraction of sp³-hybridized carbons (Fsp3) is 0.188. The molecule has 0 aliphatic rings. The summed E-state index contributed by atoms with van der Waals surface area (Å²) in [6.07, 6.45) is -0.781. The van der Waals surface area contributed by atoms with E-state index < -0.39 is 21.2 Å². The maximum Gasteiger partial charge on any atom is 0.310 e. The Morgan fingerprint density at radius 2 is 1.38 bits per heavy atom. The number of nitriles is 1. The third-order valence-electron chi connectivity index (χ3n) is 3.45. The van der Waals surface area contributed by atoms with Crippen LogP contribution in [0.4, 0.5) is 19.4 Å². The van der Waals surface area contributed by atoms with E-state index in [1.807, 2.05) is 6.07 Å². The smallest absolute Gasteiger partial charge is 0.310 e. The molecule has 0 aliphatic carbocycles. The van der Waals surface area contributed by atoms with Gasteiger partial charge in [0.15, 0.2) is 0 Å². The van der Waals surface area contributed by atoms with Crippen molar-refractivity contribution in [1.82, 2.24) is 0 Å². The summed E-state index contributed by atoms with van der Waals surface area (Å²) in [5.74, 6) is 0. The molecule has 0 saturated carbocycles. The third kappa shape index (κ3) is 4.69. The van der Waals surface area contributed by atoms with Crippen molar-refractivity contribution in [1.29, 1.82) is 5.26 Å². The van der Waals surface area contributed by atoms with Crippen LogP contribution in [-0.4, -0.2) is 5.11 Å². The van der Waals surface area contributed by atoms with Crippen molar-refractivity contribution in [2.75, 3.05) is 0 Å². The van der Waals surface area contributed by atoms with E-state index in [9.17, 15) is 24.5 Å². The van der Waals surface area contributed by atoms with E-state index in [1.165, 1.54) is 0 Å². The van der Waals surface area contributed by atoms with Gasteiger partial charge in [-0.25, -0.2) is 0 Å².